The van der Waals surface area contributed by atoms with Crippen LogP contribution in [-0.4, -0.2) is 52.6 Å². The topological polar surface area (TPSA) is 89.6 Å². The van der Waals surface area contributed by atoms with Crippen LogP contribution in [0.5, 0.6) is 5.75 Å². The van der Waals surface area contributed by atoms with E-state index in [9.17, 15) is 31.1 Å². The van der Waals surface area contributed by atoms with Gasteiger partial charge in [0, 0.05) is 46.9 Å². The quantitative estimate of drug-likeness (QED) is 0.223. The summed E-state index contributed by atoms with van der Waals surface area (Å²) in [7, 11) is 0.987. The molecule has 0 spiro atoms. The lowest BCUT2D eigenvalue weighted by Gasteiger charge is -2.39. The average molecular weight is 611 g/mol. The highest BCUT2D eigenvalue weighted by molar-refractivity contribution is 5.90. The molecule has 0 amide bonds. The van der Waals surface area contributed by atoms with Crippen LogP contribution in [0.2, 0.25) is 0 Å². The standard InChI is InChI=1S/C29H28F6N4O4/c1-41-26(40)21-13-37-27(38-25(21)28(30,31)32)39-16-8-9-17(39)11-18(10-16)42-14-22-20(12-36-24(22)15-6-7-15)19-4-2-3-5-23(19)43-29(33,34)35/h2-5,12-13,15-18,36H,6-11,14H2,1H3. The SMILES string of the molecule is COC(=O)c1cnc(N2C3CCC2CC(OCc2c(-c4ccccc4OC(F)(F)F)c[nH]c2C2CC2)C3)nc1C(F)(F)F. The molecule has 2 unspecified atom stereocenters. The number of methoxy groups -OCH3 is 1. The van der Waals surface area contributed by atoms with Crippen molar-refractivity contribution in [1.82, 2.24) is 15.0 Å². The van der Waals surface area contributed by atoms with Crippen LogP contribution in [0.1, 0.15) is 71.8 Å². The van der Waals surface area contributed by atoms with E-state index in [-0.39, 0.29) is 42.4 Å². The second kappa shape index (κ2) is 11.0. The summed E-state index contributed by atoms with van der Waals surface area (Å²) in [5.41, 5.74) is 0.471. The van der Waals surface area contributed by atoms with Crippen molar-refractivity contribution in [2.75, 3.05) is 12.0 Å². The number of piperidine rings is 1. The minimum atomic E-state index is -4.88. The molecule has 2 saturated heterocycles. The van der Waals surface area contributed by atoms with Gasteiger partial charge in [-0.1, -0.05) is 18.2 Å². The number of benzene rings is 1. The Hall–Kier alpha value is -3.81. The van der Waals surface area contributed by atoms with Crippen molar-refractivity contribution >= 4 is 11.9 Å². The normalized spacial score (nSPS) is 22.1. The van der Waals surface area contributed by atoms with Crippen LogP contribution in [-0.2, 0) is 22.3 Å². The maximum atomic E-state index is 13.8. The minimum absolute atomic E-state index is 0.101. The molecule has 6 rings (SSSR count). The largest absolute Gasteiger partial charge is 0.573 e. The molecule has 4 heterocycles. The van der Waals surface area contributed by atoms with Crippen LogP contribution < -0.4 is 9.64 Å². The van der Waals surface area contributed by atoms with Crippen molar-refractivity contribution in [3.63, 3.8) is 0 Å². The van der Waals surface area contributed by atoms with Crippen LogP contribution in [0, 0.1) is 0 Å². The van der Waals surface area contributed by atoms with Gasteiger partial charge in [0.05, 0.1) is 19.8 Å². The highest BCUT2D eigenvalue weighted by atomic mass is 19.4. The third kappa shape index (κ3) is 6.01. The van der Waals surface area contributed by atoms with Gasteiger partial charge in [-0.3, -0.25) is 0 Å². The molecule has 0 radical (unpaired) electrons. The molecule has 1 N–H and O–H groups in total. The zero-order chi connectivity index (χ0) is 30.5. The van der Waals surface area contributed by atoms with Crippen LogP contribution >= 0.6 is 0 Å². The zero-order valence-corrected chi connectivity index (χ0v) is 23.0. The number of rotatable bonds is 8. The number of fused-ring (bicyclic) bond motifs is 2. The van der Waals surface area contributed by atoms with Gasteiger partial charge in [0.15, 0.2) is 5.69 Å². The Morgan fingerprint density at radius 3 is 2.35 bits per heavy atom. The van der Waals surface area contributed by atoms with Crippen molar-refractivity contribution in [3.8, 4) is 16.9 Å². The number of carbonyl (C=O) groups excluding carboxylic acids is 1. The molecule has 3 aromatic rings. The number of alkyl halides is 6. The van der Waals surface area contributed by atoms with Gasteiger partial charge in [0.2, 0.25) is 5.95 Å². The smallest absolute Gasteiger partial charge is 0.465 e. The minimum Gasteiger partial charge on any atom is -0.465 e. The zero-order valence-electron chi connectivity index (χ0n) is 23.0. The predicted octanol–water partition coefficient (Wildman–Crippen LogP) is 6.77. The van der Waals surface area contributed by atoms with Crippen molar-refractivity contribution in [2.24, 2.45) is 0 Å². The lowest BCUT2D eigenvalue weighted by atomic mass is 9.99. The molecule has 2 aliphatic heterocycles. The van der Waals surface area contributed by atoms with E-state index >= 15 is 0 Å². The number of H-pyrrole nitrogens is 1. The summed E-state index contributed by atoms with van der Waals surface area (Å²) in [6.45, 7) is 0.150. The first-order chi connectivity index (χ1) is 20.4. The van der Waals surface area contributed by atoms with Crippen LogP contribution in [0.3, 0.4) is 0 Å². The number of ether oxygens (including phenoxy) is 3. The van der Waals surface area contributed by atoms with Gasteiger partial charge in [-0.15, -0.1) is 13.2 Å². The van der Waals surface area contributed by atoms with Gasteiger partial charge < -0.3 is 24.1 Å². The van der Waals surface area contributed by atoms with E-state index in [1.807, 2.05) is 0 Å². The van der Waals surface area contributed by atoms with Crippen molar-refractivity contribution in [1.29, 1.82) is 0 Å². The van der Waals surface area contributed by atoms with E-state index in [2.05, 4.69) is 24.4 Å². The predicted molar refractivity (Wildman–Crippen MR) is 140 cm³/mol. The summed E-state index contributed by atoms with van der Waals surface area (Å²) >= 11 is 0. The summed E-state index contributed by atoms with van der Waals surface area (Å²) in [6.07, 6.45) is -3.07. The Kier molecular flexibility index (Phi) is 7.51. The van der Waals surface area contributed by atoms with Crippen LogP contribution in [0.4, 0.5) is 32.3 Å². The monoisotopic (exact) mass is 610 g/mol. The summed E-state index contributed by atoms with van der Waals surface area (Å²) in [4.78, 5) is 24.8. The molecule has 1 saturated carbocycles. The first kappa shape index (κ1) is 29.3. The summed E-state index contributed by atoms with van der Waals surface area (Å²) in [5.74, 6) is -1.30. The van der Waals surface area contributed by atoms with Crippen molar-refractivity contribution in [2.45, 2.75) is 81.8 Å². The number of hydrogen-bond donors (Lipinski definition) is 1. The van der Waals surface area contributed by atoms with Crippen molar-refractivity contribution < 1.29 is 45.3 Å². The van der Waals surface area contributed by atoms with E-state index < -0.39 is 29.8 Å². The second-order valence-electron chi connectivity index (χ2n) is 11.0. The van der Waals surface area contributed by atoms with E-state index in [1.165, 1.54) is 12.1 Å². The molecular weight excluding hydrogens is 582 g/mol. The maximum absolute atomic E-state index is 13.8. The third-order valence-electron chi connectivity index (χ3n) is 8.24. The second-order valence-corrected chi connectivity index (χ2v) is 11.0. The fourth-order valence-corrected chi connectivity index (χ4v) is 6.27. The molecule has 2 atom stereocenters. The lowest BCUT2D eigenvalue weighted by molar-refractivity contribution is -0.274. The number of para-hydroxylation sites is 1. The molecule has 2 bridgehead atoms. The van der Waals surface area contributed by atoms with E-state index in [0.29, 0.717) is 36.8 Å². The van der Waals surface area contributed by atoms with Gasteiger partial charge in [0.25, 0.3) is 0 Å². The van der Waals surface area contributed by atoms with Gasteiger partial charge in [-0.2, -0.15) is 13.2 Å². The maximum Gasteiger partial charge on any atom is 0.573 e. The number of nitrogens with zero attached hydrogens (tertiary/aromatic N) is 3. The first-order valence-corrected chi connectivity index (χ1v) is 13.9. The number of carbonyl (C=O) groups is 1. The fraction of sp³-hybridized carbons (Fsp3) is 0.483. The number of halogens is 6. The number of esters is 1. The number of aromatic nitrogens is 3. The van der Waals surface area contributed by atoms with Gasteiger partial charge in [-0.05, 0) is 50.5 Å². The van der Waals surface area contributed by atoms with Crippen LogP contribution in [0.25, 0.3) is 11.1 Å². The number of hydrogen-bond acceptors (Lipinski definition) is 7. The molecular formula is C29H28F6N4O4. The Labute approximate surface area is 242 Å². The Morgan fingerprint density at radius 2 is 1.72 bits per heavy atom. The van der Waals surface area contributed by atoms with Crippen molar-refractivity contribution in [3.05, 3.63) is 59.2 Å². The van der Waals surface area contributed by atoms with Crippen LogP contribution in [0.15, 0.2) is 36.7 Å². The molecule has 2 aromatic heterocycles. The fourth-order valence-electron chi connectivity index (χ4n) is 6.27. The van der Waals surface area contributed by atoms with E-state index in [1.54, 1.807) is 23.2 Å². The average Bonchev–Trinajstić information content (AvgIpc) is 3.66. The number of aromatic amines is 1. The first-order valence-electron chi connectivity index (χ1n) is 13.9. The Bertz CT molecular complexity index is 1490. The summed E-state index contributed by atoms with van der Waals surface area (Å²) in [5, 5.41) is 0. The Balaban J connectivity index is 1.21. The highest BCUT2D eigenvalue weighted by Gasteiger charge is 2.45. The molecule has 1 aliphatic carbocycles. The molecule has 43 heavy (non-hydrogen) atoms. The molecule has 14 heteroatoms. The lowest BCUT2D eigenvalue weighted by Crippen LogP contribution is -2.46. The molecule has 1 aromatic carbocycles. The third-order valence-corrected chi connectivity index (χ3v) is 8.24. The molecule has 8 nitrogen and oxygen atoms in total. The molecule has 3 aliphatic rings. The number of nitrogens with one attached hydrogen (secondary N) is 1. The summed E-state index contributed by atoms with van der Waals surface area (Å²) in [6, 6.07) is 5.61. The van der Waals surface area contributed by atoms with E-state index in [4.69, 9.17) is 4.74 Å². The Morgan fingerprint density at radius 1 is 1.02 bits per heavy atom. The highest BCUT2D eigenvalue weighted by Crippen LogP contribution is 2.46. The number of anilines is 1. The molecule has 3 fully saturated rings. The van der Waals surface area contributed by atoms with E-state index in [0.717, 1.165) is 37.4 Å². The summed E-state index contributed by atoms with van der Waals surface area (Å²) < 4.78 is 95.7. The van der Waals surface area contributed by atoms with Gasteiger partial charge in [-0.25, -0.2) is 14.8 Å². The van der Waals surface area contributed by atoms with Gasteiger partial charge >= 0.3 is 18.5 Å². The molecule has 230 valence electrons. The van der Waals surface area contributed by atoms with Gasteiger partial charge in [0.1, 0.15) is 11.3 Å².